The standard InChI is InChI=1S/C19H18N2O5/c1-24-16-4-2-3-5-17(16)25-11-10-21-18(22)13-26-19(23)15-8-6-14(12-20)7-9-15/h2-9H,10-11,13H2,1H3,(H,21,22). The smallest absolute Gasteiger partial charge is 0.338 e. The van der Waals surface area contributed by atoms with E-state index in [1.807, 2.05) is 18.2 Å². The van der Waals surface area contributed by atoms with Gasteiger partial charge >= 0.3 is 5.97 Å². The number of hydrogen-bond acceptors (Lipinski definition) is 6. The van der Waals surface area contributed by atoms with Gasteiger partial charge in [0, 0.05) is 0 Å². The van der Waals surface area contributed by atoms with Crippen molar-refractivity contribution in [1.29, 1.82) is 5.26 Å². The first-order valence-corrected chi connectivity index (χ1v) is 7.84. The first-order chi connectivity index (χ1) is 12.6. The topological polar surface area (TPSA) is 97.7 Å². The van der Waals surface area contributed by atoms with Crippen LogP contribution in [0, 0.1) is 11.3 Å². The number of nitriles is 1. The van der Waals surface area contributed by atoms with Gasteiger partial charge in [0.1, 0.15) is 6.61 Å². The number of amides is 1. The summed E-state index contributed by atoms with van der Waals surface area (Å²) in [5.41, 5.74) is 0.714. The van der Waals surface area contributed by atoms with Gasteiger partial charge in [0.05, 0.1) is 30.9 Å². The Labute approximate surface area is 151 Å². The molecule has 0 heterocycles. The van der Waals surface area contributed by atoms with E-state index in [9.17, 15) is 9.59 Å². The van der Waals surface area contributed by atoms with E-state index in [4.69, 9.17) is 19.5 Å². The van der Waals surface area contributed by atoms with Gasteiger partial charge in [-0.15, -0.1) is 0 Å². The number of nitrogens with zero attached hydrogens (tertiary/aromatic N) is 1. The third kappa shape index (κ3) is 5.53. The van der Waals surface area contributed by atoms with E-state index in [2.05, 4.69) is 5.32 Å². The lowest BCUT2D eigenvalue weighted by atomic mass is 10.1. The summed E-state index contributed by atoms with van der Waals surface area (Å²) in [6, 6.07) is 15.1. The van der Waals surface area contributed by atoms with E-state index in [0.717, 1.165) is 0 Å². The van der Waals surface area contributed by atoms with Crippen molar-refractivity contribution >= 4 is 11.9 Å². The highest BCUT2D eigenvalue weighted by molar-refractivity contribution is 5.91. The van der Waals surface area contributed by atoms with Crippen molar-refractivity contribution in [3.05, 3.63) is 59.7 Å². The zero-order valence-electron chi connectivity index (χ0n) is 14.2. The summed E-state index contributed by atoms with van der Waals surface area (Å²) in [5.74, 6) is 0.122. The van der Waals surface area contributed by atoms with Gasteiger partial charge in [-0.1, -0.05) is 12.1 Å². The lowest BCUT2D eigenvalue weighted by molar-refractivity contribution is -0.124. The fourth-order valence-corrected chi connectivity index (χ4v) is 2.04. The molecule has 0 fully saturated rings. The first kappa shape index (κ1) is 18.8. The highest BCUT2D eigenvalue weighted by Crippen LogP contribution is 2.25. The predicted molar refractivity (Wildman–Crippen MR) is 92.9 cm³/mol. The SMILES string of the molecule is COc1ccccc1OCCNC(=O)COC(=O)c1ccc(C#N)cc1. The summed E-state index contributed by atoms with van der Waals surface area (Å²) < 4.78 is 15.6. The van der Waals surface area contributed by atoms with Gasteiger partial charge in [0.2, 0.25) is 0 Å². The molecule has 0 atom stereocenters. The molecule has 0 spiro atoms. The summed E-state index contributed by atoms with van der Waals surface area (Å²) in [5, 5.41) is 11.3. The number of benzene rings is 2. The molecule has 2 rings (SSSR count). The average Bonchev–Trinajstić information content (AvgIpc) is 2.69. The number of ether oxygens (including phenoxy) is 3. The van der Waals surface area contributed by atoms with Crippen LogP contribution in [0.15, 0.2) is 48.5 Å². The molecule has 0 aliphatic heterocycles. The molecule has 0 saturated heterocycles. The first-order valence-electron chi connectivity index (χ1n) is 7.84. The van der Waals surface area contributed by atoms with Crippen LogP contribution in [-0.2, 0) is 9.53 Å². The van der Waals surface area contributed by atoms with Crippen molar-refractivity contribution < 1.29 is 23.8 Å². The molecular weight excluding hydrogens is 336 g/mol. The minimum Gasteiger partial charge on any atom is -0.493 e. The fourth-order valence-electron chi connectivity index (χ4n) is 2.04. The van der Waals surface area contributed by atoms with Crippen LogP contribution >= 0.6 is 0 Å². The molecule has 0 unspecified atom stereocenters. The molecule has 0 aliphatic carbocycles. The third-order valence-electron chi connectivity index (χ3n) is 3.33. The zero-order chi connectivity index (χ0) is 18.8. The van der Waals surface area contributed by atoms with Crippen LogP contribution in [0.25, 0.3) is 0 Å². The second-order valence-corrected chi connectivity index (χ2v) is 5.11. The number of para-hydroxylation sites is 2. The number of carbonyl (C=O) groups excluding carboxylic acids is 2. The number of carbonyl (C=O) groups is 2. The second kappa shape index (κ2) is 9.69. The van der Waals surface area contributed by atoms with E-state index in [1.54, 1.807) is 19.2 Å². The Kier molecular flexibility index (Phi) is 7.01. The molecule has 2 aromatic rings. The van der Waals surface area contributed by atoms with E-state index < -0.39 is 18.5 Å². The molecule has 0 saturated carbocycles. The largest absolute Gasteiger partial charge is 0.493 e. The average molecular weight is 354 g/mol. The highest BCUT2D eigenvalue weighted by atomic mass is 16.5. The Balaban J connectivity index is 1.68. The van der Waals surface area contributed by atoms with Gasteiger partial charge in [-0.25, -0.2) is 4.79 Å². The normalized spacial score (nSPS) is 9.69. The molecule has 2 aromatic carbocycles. The van der Waals surface area contributed by atoms with Crippen LogP contribution in [0.4, 0.5) is 0 Å². The number of esters is 1. The maximum atomic E-state index is 11.8. The predicted octanol–water partition coefficient (Wildman–Crippen LogP) is 1.92. The highest BCUT2D eigenvalue weighted by Gasteiger charge is 2.10. The lowest BCUT2D eigenvalue weighted by Gasteiger charge is -2.11. The van der Waals surface area contributed by atoms with Gasteiger partial charge in [-0.05, 0) is 36.4 Å². The Morgan fingerprint density at radius 3 is 2.42 bits per heavy atom. The van der Waals surface area contributed by atoms with Crippen molar-refractivity contribution in [2.24, 2.45) is 0 Å². The van der Waals surface area contributed by atoms with Crippen LogP contribution in [0.2, 0.25) is 0 Å². The minimum atomic E-state index is -0.630. The third-order valence-corrected chi connectivity index (χ3v) is 3.33. The Morgan fingerprint density at radius 2 is 1.77 bits per heavy atom. The number of methoxy groups -OCH3 is 1. The van der Waals surface area contributed by atoms with E-state index >= 15 is 0 Å². The number of rotatable bonds is 8. The number of nitrogens with one attached hydrogen (secondary N) is 1. The quantitative estimate of drug-likeness (QED) is 0.574. The fraction of sp³-hybridized carbons (Fsp3) is 0.211. The Hall–Kier alpha value is -3.53. The Bertz CT molecular complexity index is 796. The van der Waals surface area contributed by atoms with Gasteiger partial charge in [0.15, 0.2) is 18.1 Å². The van der Waals surface area contributed by atoms with Crippen LogP contribution in [0.3, 0.4) is 0 Å². The van der Waals surface area contributed by atoms with Gasteiger partial charge in [0.25, 0.3) is 5.91 Å². The van der Waals surface area contributed by atoms with Gasteiger partial charge in [-0.2, -0.15) is 5.26 Å². The van der Waals surface area contributed by atoms with Crippen molar-refractivity contribution in [1.82, 2.24) is 5.32 Å². The van der Waals surface area contributed by atoms with Crippen LogP contribution in [0.1, 0.15) is 15.9 Å². The van der Waals surface area contributed by atoms with Gasteiger partial charge < -0.3 is 19.5 Å². The molecule has 7 nitrogen and oxygen atoms in total. The molecule has 0 radical (unpaired) electrons. The molecule has 1 amide bonds. The van der Waals surface area contributed by atoms with Crippen LogP contribution < -0.4 is 14.8 Å². The van der Waals surface area contributed by atoms with E-state index in [-0.39, 0.29) is 18.7 Å². The molecule has 7 heteroatoms. The second-order valence-electron chi connectivity index (χ2n) is 5.11. The minimum absolute atomic E-state index is 0.246. The van der Waals surface area contributed by atoms with Crippen LogP contribution in [0.5, 0.6) is 11.5 Å². The van der Waals surface area contributed by atoms with Crippen molar-refractivity contribution in [2.75, 3.05) is 26.9 Å². The van der Waals surface area contributed by atoms with Crippen molar-refractivity contribution in [3.8, 4) is 17.6 Å². The summed E-state index contributed by atoms with van der Waals surface area (Å²) >= 11 is 0. The summed E-state index contributed by atoms with van der Waals surface area (Å²) in [6.07, 6.45) is 0. The molecule has 0 aromatic heterocycles. The lowest BCUT2D eigenvalue weighted by Crippen LogP contribution is -2.32. The zero-order valence-corrected chi connectivity index (χ0v) is 14.2. The monoisotopic (exact) mass is 354 g/mol. The molecular formula is C19H18N2O5. The van der Waals surface area contributed by atoms with E-state index in [1.165, 1.54) is 24.3 Å². The Morgan fingerprint density at radius 1 is 1.08 bits per heavy atom. The molecule has 134 valence electrons. The van der Waals surface area contributed by atoms with Crippen molar-refractivity contribution in [3.63, 3.8) is 0 Å². The summed E-state index contributed by atoms with van der Waals surface area (Å²) in [4.78, 5) is 23.5. The summed E-state index contributed by atoms with van der Waals surface area (Å²) in [6.45, 7) is 0.106. The maximum Gasteiger partial charge on any atom is 0.338 e. The summed E-state index contributed by atoms with van der Waals surface area (Å²) in [7, 11) is 1.55. The number of hydrogen-bond donors (Lipinski definition) is 1. The molecule has 0 aliphatic rings. The maximum absolute atomic E-state index is 11.8. The van der Waals surface area contributed by atoms with E-state index in [0.29, 0.717) is 17.1 Å². The van der Waals surface area contributed by atoms with Gasteiger partial charge in [-0.3, -0.25) is 4.79 Å². The molecule has 1 N–H and O–H groups in total. The van der Waals surface area contributed by atoms with Crippen LogP contribution in [-0.4, -0.2) is 38.7 Å². The van der Waals surface area contributed by atoms with Crippen molar-refractivity contribution in [2.45, 2.75) is 0 Å². The molecule has 0 bridgehead atoms. The molecule has 26 heavy (non-hydrogen) atoms.